The largest absolute Gasteiger partial charge is 0.573 e. The number of hydrogen-bond donors (Lipinski definition) is 2. The number of nitrogens with one attached hydrogen (secondary N) is 1. The van der Waals surface area contributed by atoms with Gasteiger partial charge in [0.15, 0.2) is 0 Å². The highest BCUT2D eigenvalue weighted by Crippen LogP contribution is 2.42. The van der Waals surface area contributed by atoms with Gasteiger partial charge in [0.2, 0.25) is 0 Å². The summed E-state index contributed by atoms with van der Waals surface area (Å²) in [5.74, 6) is -4.24. The van der Waals surface area contributed by atoms with Gasteiger partial charge in [-0.3, -0.25) is 4.90 Å². The maximum absolute atomic E-state index is 14.4. The van der Waals surface area contributed by atoms with Gasteiger partial charge >= 0.3 is 6.36 Å². The molecule has 1 aromatic carbocycles. The van der Waals surface area contributed by atoms with E-state index in [1.54, 1.807) is 0 Å². The number of benzene rings is 1. The third kappa shape index (κ3) is 4.93. The van der Waals surface area contributed by atoms with Crippen molar-refractivity contribution < 1.29 is 36.5 Å². The van der Waals surface area contributed by atoms with Gasteiger partial charge in [0.1, 0.15) is 24.1 Å². The molecule has 0 spiro atoms. The normalized spacial score (nSPS) is 18.0. The predicted octanol–water partition coefficient (Wildman–Crippen LogP) is 2.17. The number of halogens is 5. The monoisotopic (exact) mass is 370 g/mol. The molecule has 1 atom stereocenters. The molecule has 1 aliphatic heterocycles. The maximum Gasteiger partial charge on any atom is 0.573 e. The molecule has 0 bridgehead atoms. The van der Waals surface area contributed by atoms with Crippen LogP contribution in [-0.2, 0) is 0 Å². The van der Waals surface area contributed by atoms with Gasteiger partial charge < -0.3 is 19.9 Å². The average molecular weight is 370 g/mol. The third-order valence-corrected chi connectivity index (χ3v) is 3.86. The van der Waals surface area contributed by atoms with Crippen molar-refractivity contribution in [3.05, 3.63) is 23.8 Å². The minimum atomic E-state index is -4.90. The number of aliphatic hydroxyl groups excluding tert-OH is 1. The summed E-state index contributed by atoms with van der Waals surface area (Å²) in [5.41, 5.74) is -0.0158. The zero-order valence-corrected chi connectivity index (χ0v) is 13.4. The maximum atomic E-state index is 14.4. The van der Waals surface area contributed by atoms with Gasteiger partial charge in [-0.1, -0.05) is 0 Å². The fourth-order valence-corrected chi connectivity index (χ4v) is 2.83. The van der Waals surface area contributed by atoms with Crippen LogP contribution in [0.25, 0.3) is 0 Å². The Kier molecular flexibility index (Phi) is 6.07. The molecular formula is C15H19F5N2O3. The molecule has 2 rings (SSSR count). The minimum Gasteiger partial charge on any atom is -0.496 e. The fraction of sp³-hybridized carbons (Fsp3) is 0.600. The summed E-state index contributed by atoms with van der Waals surface area (Å²) in [6, 6.07) is 1.44. The summed E-state index contributed by atoms with van der Waals surface area (Å²) in [7, 11) is 1.17. The van der Waals surface area contributed by atoms with Crippen LogP contribution in [0.1, 0.15) is 11.6 Å². The van der Waals surface area contributed by atoms with Gasteiger partial charge in [-0.15, -0.1) is 13.2 Å². The molecule has 0 aromatic heterocycles. The number of rotatable bonds is 6. The lowest BCUT2D eigenvalue weighted by Gasteiger charge is -2.39. The zero-order valence-electron chi connectivity index (χ0n) is 13.4. The van der Waals surface area contributed by atoms with Gasteiger partial charge in [-0.25, -0.2) is 8.78 Å². The van der Waals surface area contributed by atoms with E-state index in [-0.39, 0.29) is 11.3 Å². The van der Waals surface area contributed by atoms with E-state index < -0.39 is 30.7 Å². The number of nitrogens with zero attached hydrogens (tertiary/aromatic N) is 1. The second-order valence-corrected chi connectivity index (χ2v) is 5.56. The number of aliphatic hydroxyl groups is 1. The Morgan fingerprint density at radius 2 is 1.84 bits per heavy atom. The van der Waals surface area contributed by atoms with Crippen LogP contribution >= 0.6 is 0 Å². The predicted molar refractivity (Wildman–Crippen MR) is 78.9 cm³/mol. The van der Waals surface area contributed by atoms with Crippen molar-refractivity contribution in [3.8, 4) is 11.5 Å². The molecule has 1 aliphatic rings. The van der Waals surface area contributed by atoms with Crippen molar-refractivity contribution in [2.75, 3.05) is 39.9 Å². The molecule has 0 aliphatic carbocycles. The third-order valence-electron chi connectivity index (χ3n) is 3.86. The SMILES string of the molecule is COc1cc(OC(F)(F)F)ccc1[C@H](N1CCNCC1)C(F)(F)CO. The molecule has 25 heavy (non-hydrogen) atoms. The van der Waals surface area contributed by atoms with E-state index in [9.17, 15) is 22.0 Å². The number of piperazine rings is 1. The summed E-state index contributed by atoms with van der Waals surface area (Å²) >= 11 is 0. The van der Waals surface area contributed by atoms with E-state index in [1.807, 2.05) is 0 Å². The lowest BCUT2D eigenvalue weighted by molar-refractivity contribution is -0.274. The van der Waals surface area contributed by atoms with Crippen LogP contribution in [0.5, 0.6) is 11.5 Å². The molecule has 2 N–H and O–H groups in total. The second kappa shape index (κ2) is 7.71. The van der Waals surface area contributed by atoms with Crippen molar-refractivity contribution in [1.29, 1.82) is 0 Å². The molecule has 1 fully saturated rings. The van der Waals surface area contributed by atoms with E-state index in [0.29, 0.717) is 26.2 Å². The quantitative estimate of drug-likeness (QED) is 0.752. The Balaban J connectivity index is 2.41. The van der Waals surface area contributed by atoms with Crippen molar-refractivity contribution in [3.63, 3.8) is 0 Å². The summed E-state index contributed by atoms with van der Waals surface area (Å²) in [4.78, 5) is 1.47. The van der Waals surface area contributed by atoms with Crippen LogP contribution in [-0.4, -0.2) is 62.2 Å². The van der Waals surface area contributed by atoms with Gasteiger partial charge in [-0.2, -0.15) is 0 Å². The number of hydrogen-bond acceptors (Lipinski definition) is 5. The average Bonchev–Trinajstić information content (AvgIpc) is 2.55. The second-order valence-electron chi connectivity index (χ2n) is 5.56. The van der Waals surface area contributed by atoms with E-state index in [2.05, 4.69) is 10.1 Å². The first-order valence-electron chi connectivity index (χ1n) is 7.55. The van der Waals surface area contributed by atoms with Crippen LogP contribution in [0.4, 0.5) is 22.0 Å². The summed E-state index contributed by atoms with van der Waals surface area (Å²) in [6.45, 7) is 0.158. The smallest absolute Gasteiger partial charge is 0.496 e. The summed E-state index contributed by atoms with van der Waals surface area (Å²) in [6.07, 6.45) is -4.90. The summed E-state index contributed by atoms with van der Waals surface area (Å²) in [5, 5.41) is 12.1. The van der Waals surface area contributed by atoms with Gasteiger partial charge in [0, 0.05) is 37.8 Å². The van der Waals surface area contributed by atoms with Crippen molar-refractivity contribution >= 4 is 0 Å². The first kappa shape index (κ1) is 19.7. The lowest BCUT2D eigenvalue weighted by atomic mass is 9.97. The first-order valence-corrected chi connectivity index (χ1v) is 7.55. The van der Waals surface area contributed by atoms with Gasteiger partial charge in [-0.05, 0) is 12.1 Å². The topological polar surface area (TPSA) is 54.0 Å². The van der Waals surface area contributed by atoms with Crippen LogP contribution in [0.3, 0.4) is 0 Å². The molecule has 0 amide bonds. The molecule has 1 saturated heterocycles. The minimum absolute atomic E-state index is 0.0158. The van der Waals surface area contributed by atoms with Crippen molar-refractivity contribution in [2.45, 2.75) is 18.3 Å². The summed E-state index contributed by atoms with van der Waals surface area (Å²) < 4.78 is 74.6. The molecule has 0 saturated carbocycles. The van der Waals surface area contributed by atoms with E-state index in [4.69, 9.17) is 9.84 Å². The zero-order chi connectivity index (χ0) is 18.7. The van der Waals surface area contributed by atoms with E-state index >= 15 is 0 Å². The molecule has 5 nitrogen and oxygen atoms in total. The number of methoxy groups -OCH3 is 1. The highest BCUT2D eigenvalue weighted by Gasteiger charge is 2.45. The van der Waals surface area contributed by atoms with Crippen molar-refractivity contribution in [2.24, 2.45) is 0 Å². The van der Waals surface area contributed by atoms with Gasteiger partial charge in [0.25, 0.3) is 5.92 Å². The number of alkyl halides is 5. The Bertz CT molecular complexity index is 577. The highest BCUT2D eigenvalue weighted by molar-refractivity contribution is 5.43. The molecular weight excluding hydrogens is 351 g/mol. The molecule has 0 unspecified atom stereocenters. The molecule has 142 valence electrons. The van der Waals surface area contributed by atoms with Crippen LogP contribution < -0.4 is 14.8 Å². The molecule has 1 heterocycles. The fourth-order valence-electron chi connectivity index (χ4n) is 2.83. The molecule has 1 aromatic rings. The lowest BCUT2D eigenvalue weighted by Crippen LogP contribution is -2.51. The number of ether oxygens (including phenoxy) is 2. The van der Waals surface area contributed by atoms with Crippen molar-refractivity contribution in [1.82, 2.24) is 10.2 Å². The first-order chi connectivity index (χ1) is 11.7. The van der Waals surface area contributed by atoms with Crippen LogP contribution in [0.15, 0.2) is 18.2 Å². The Hall–Kier alpha value is -1.65. The Morgan fingerprint density at radius 3 is 2.36 bits per heavy atom. The molecule has 0 radical (unpaired) electrons. The van der Waals surface area contributed by atoms with E-state index in [0.717, 1.165) is 18.2 Å². The van der Waals surface area contributed by atoms with E-state index in [1.165, 1.54) is 12.0 Å². The standard InChI is InChI=1S/C15H19F5N2O3/c1-24-12-8-10(25-15(18,19)20)2-3-11(12)13(14(16,17)9-23)22-6-4-21-5-7-22/h2-3,8,13,21,23H,4-7,9H2,1H3/t13-/m0/s1. The van der Waals surface area contributed by atoms with Crippen LogP contribution in [0.2, 0.25) is 0 Å². The highest BCUT2D eigenvalue weighted by atomic mass is 19.4. The molecule has 10 heteroatoms. The Morgan fingerprint density at radius 1 is 1.20 bits per heavy atom. The Labute approximate surface area is 141 Å². The van der Waals surface area contributed by atoms with Gasteiger partial charge in [0.05, 0.1) is 7.11 Å². The van der Waals surface area contributed by atoms with Crippen LogP contribution in [0, 0.1) is 0 Å².